The Hall–Kier alpha value is -1.23. The van der Waals surface area contributed by atoms with Gasteiger partial charge in [-0.25, -0.2) is 35.1 Å². The predicted molar refractivity (Wildman–Crippen MR) is 117 cm³/mol. The van der Waals surface area contributed by atoms with Crippen LogP contribution < -0.4 is 0 Å². The van der Waals surface area contributed by atoms with Gasteiger partial charge in [-0.1, -0.05) is 6.92 Å². The average molecular weight is 571 g/mol. The van der Waals surface area contributed by atoms with Crippen LogP contribution in [0.5, 0.6) is 0 Å². The normalized spacial score (nSPS) is 47.3. The fraction of sp³-hybridized carbons (Fsp3) is 0.923. The van der Waals surface area contributed by atoms with E-state index in [1.165, 1.54) is 0 Å². The van der Waals surface area contributed by atoms with Gasteiger partial charge in [0, 0.05) is 17.8 Å². The van der Waals surface area contributed by atoms with E-state index in [1.54, 1.807) is 6.08 Å². The molecule has 0 aromatic heterocycles. The van der Waals surface area contributed by atoms with Crippen LogP contribution in [0.1, 0.15) is 51.9 Å². The van der Waals surface area contributed by atoms with Crippen molar-refractivity contribution >= 4 is 0 Å². The maximum atomic E-state index is 15.2. The molecule has 0 aromatic rings. The van der Waals surface area contributed by atoms with Gasteiger partial charge in [0.15, 0.2) is 0 Å². The van der Waals surface area contributed by atoms with Crippen molar-refractivity contribution < 1.29 is 53.0 Å². The number of rotatable bonds is 4. The van der Waals surface area contributed by atoms with Crippen LogP contribution in [0, 0.1) is 41.4 Å². The van der Waals surface area contributed by atoms with E-state index in [4.69, 9.17) is 4.74 Å². The number of ether oxygens (including phenoxy) is 1. The molecule has 0 saturated heterocycles. The number of alkyl halides is 11. The van der Waals surface area contributed by atoms with Crippen LogP contribution in [-0.2, 0) is 4.74 Å². The quantitative estimate of drug-likeness (QED) is 0.310. The summed E-state index contributed by atoms with van der Waals surface area (Å²) in [6.45, 7) is 2.37. The van der Waals surface area contributed by atoms with Crippen molar-refractivity contribution in [1.82, 2.24) is 0 Å². The molecule has 12 heteroatoms. The minimum absolute atomic E-state index is 0.131. The highest BCUT2D eigenvalue weighted by Crippen LogP contribution is 2.55. The van der Waals surface area contributed by atoms with E-state index in [0.717, 1.165) is 0 Å². The lowest BCUT2D eigenvalue weighted by atomic mass is 9.63. The van der Waals surface area contributed by atoms with Crippen LogP contribution in [-0.4, -0.2) is 55.7 Å². The molecule has 1 nitrogen and oxygen atoms in total. The van der Waals surface area contributed by atoms with Gasteiger partial charge in [0.25, 0.3) is 5.92 Å². The molecule has 3 aliphatic carbocycles. The zero-order valence-corrected chi connectivity index (χ0v) is 20.8. The standard InChI is InChI=1S/C26H33F11O/c1-11-2-3-21(38-10-11)12-4-15(27)22(16(28)5-12)13-6-17(29)23(18(30)7-13)25(33,34)14-8-19(31)24(20(32)9-14)26(35,36)37/h3,11-20,22-24H,2,4-10H2,1H3. The highest BCUT2D eigenvalue weighted by molar-refractivity contribution is 5.09. The highest BCUT2D eigenvalue weighted by Gasteiger charge is 2.63. The van der Waals surface area contributed by atoms with E-state index in [-0.39, 0.29) is 18.8 Å². The van der Waals surface area contributed by atoms with Crippen molar-refractivity contribution in [3.63, 3.8) is 0 Å². The number of halogens is 11. The SMILES string of the molecule is CC1CC=C(C2CC(F)C(C3CC(F)C(C(F)(F)C4CC(F)C(C(F)(F)F)C(F)C4)C(F)C3)C(F)C2)OC1. The molecule has 7 atom stereocenters. The topological polar surface area (TPSA) is 9.23 Å². The van der Waals surface area contributed by atoms with Crippen molar-refractivity contribution in [2.75, 3.05) is 6.61 Å². The summed E-state index contributed by atoms with van der Waals surface area (Å²) in [5.74, 6) is -14.9. The Kier molecular flexibility index (Phi) is 8.59. The zero-order valence-electron chi connectivity index (χ0n) is 20.8. The molecule has 0 radical (unpaired) electrons. The maximum Gasteiger partial charge on any atom is 0.397 e. The fourth-order valence-electron chi connectivity index (χ4n) is 7.12. The summed E-state index contributed by atoms with van der Waals surface area (Å²) in [5.41, 5.74) is 0. The maximum absolute atomic E-state index is 15.2. The Balaban J connectivity index is 1.42. The second-order valence-corrected chi connectivity index (χ2v) is 11.8. The molecule has 4 rings (SSSR count). The van der Waals surface area contributed by atoms with Gasteiger partial charge >= 0.3 is 6.18 Å². The van der Waals surface area contributed by atoms with Gasteiger partial charge in [0.2, 0.25) is 0 Å². The molecule has 38 heavy (non-hydrogen) atoms. The Morgan fingerprint density at radius 1 is 0.684 bits per heavy atom. The van der Waals surface area contributed by atoms with E-state index in [0.29, 0.717) is 18.8 Å². The first-order valence-corrected chi connectivity index (χ1v) is 13.2. The molecule has 1 heterocycles. The predicted octanol–water partition coefficient (Wildman–Crippen LogP) is 8.23. The third kappa shape index (κ3) is 5.79. The lowest BCUT2D eigenvalue weighted by Gasteiger charge is -2.47. The molecule has 0 bridgehead atoms. The Labute approximate surface area is 214 Å². The van der Waals surface area contributed by atoms with Gasteiger partial charge in [0.05, 0.1) is 18.3 Å². The summed E-state index contributed by atoms with van der Waals surface area (Å²) < 4.78 is 164. The van der Waals surface area contributed by atoms with Gasteiger partial charge in [-0.3, -0.25) is 0 Å². The molecule has 1 aliphatic heterocycles. The van der Waals surface area contributed by atoms with E-state index >= 15 is 26.3 Å². The Morgan fingerprint density at radius 2 is 1.18 bits per heavy atom. The summed E-state index contributed by atoms with van der Waals surface area (Å²) in [5, 5.41) is 0. The van der Waals surface area contributed by atoms with Gasteiger partial charge in [-0.2, -0.15) is 13.2 Å². The van der Waals surface area contributed by atoms with Crippen LogP contribution in [0.3, 0.4) is 0 Å². The highest BCUT2D eigenvalue weighted by atomic mass is 19.4. The molecule has 220 valence electrons. The smallest absolute Gasteiger partial charge is 0.397 e. The third-order valence-corrected chi connectivity index (χ3v) is 9.06. The van der Waals surface area contributed by atoms with Gasteiger partial charge in [-0.05, 0) is 62.9 Å². The number of hydrogen-bond donors (Lipinski definition) is 0. The number of hydrogen-bond acceptors (Lipinski definition) is 1. The van der Waals surface area contributed by atoms with Crippen LogP contribution in [0.2, 0.25) is 0 Å². The summed E-state index contributed by atoms with van der Waals surface area (Å²) >= 11 is 0. The second kappa shape index (κ2) is 11.0. The van der Waals surface area contributed by atoms with Gasteiger partial charge in [0.1, 0.15) is 42.9 Å². The van der Waals surface area contributed by atoms with Crippen LogP contribution in [0.25, 0.3) is 0 Å². The molecular weight excluding hydrogens is 537 g/mol. The molecule has 0 N–H and O–H groups in total. The van der Waals surface area contributed by atoms with Crippen molar-refractivity contribution in [2.45, 2.75) is 101 Å². The van der Waals surface area contributed by atoms with E-state index in [2.05, 4.69) is 0 Å². The second-order valence-electron chi connectivity index (χ2n) is 11.8. The first-order chi connectivity index (χ1) is 17.6. The summed E-state index contributed by atoms with van der Waals surface area (Å²) in [7, 11) is 0. The fourth-order valence-corrected chi connectivity index (χ4v) is 7.12. The first kappa shape index (κ1) is 29.7. The molecule has 0 aromatic carbocycles. The van der Waals surface area contributed by atoms with Crippen molar-refractivity contribution in [2.24, 2.45) is 41.4 Å². The first-order valence-electron chi connectivity index (χ1n) is 13.2. The molecule has 7 unspecified atom stereocenters. The minimum atomic E-state index is -5.29. The van der Waals surface area contributed by atoms with E-state index < -0.39 is 110 Å². The largest absolute Gasteiger partial charge is 0.498 e. The molecule has 0 amide bonds. The minimum Gasteiger partial charge on any atom is -0.498 e. The molecule has 0 spiro atoms. The van der Waals surface area contributed by atoms with E-state index in [1.807, 2.05) is 6.92 Å². The lowest BCUT2D eigenvalue weighted by Crippen LogP contribution is -2.56. The number of allylic oxidation sites excluding steroid dienone is 2. The van der Waals surface area contributed by atoms with Crippen LogP contribution >= 0.6 is 0 Å². The molecular formula is C26H33F11O. The average Bonchev–Trinajstić information content (AvgIpc) is 2.77. The van der Waals surface area contributed by atoms with Crippen LogP contribution in [0.4, 0.5) is 48.3 Å². The van der Waals surface area contributed by atoms with Gasteiger partial charge < -0.3 is 4.74 Å². The molecule has 3 saturated carbocycles. The Bertz CT molecular complexity index is 812. The van der Waals surface area contributed by atoms with Crippen molar-refractivity contribution in [3.05, 3.63) is 11.8 Å². The molecule has 3 fully saturated rings. The summed E-state index contributed by atoms with van der Waals surface area (Å²) in [6, 6.07) is 0. The van der Waals surface area contributed by atoms with Crippen LogP contribution in [0.15, 0.2) is 11.8 Å². The summed E-state index contributed by atoms with van der Waals surface area (Å²) in [6.07, 6.45) is -22.1. The van der Waals surface area contributed by atoms with Crippen molar-refractivity contribution in [1.29, 1.82) is 0 Å². The summed E-state index contributed by atoms with van der Waals surface area (Å²) in [4.78, 5) is 0. The monoisotopic (exact) mass is 570 g/mol. The third-order valence-electron chi connectivity index (χ3n) is 9.06. The zero-order chi connectivity index (χ0) is 28.2. The van der Waals surface area contributed by atoms with Crippen molar-refractivity contribution in [3.8, 4) is 0 Å². The van der Waals surface area contributed by atoms with E-state index in [9.17, 15) is 22.0 Å². The van der Waals surface area contributed by atoms with Gasteiger partial charge in [-0.15, -0.1) is 0 Å². The lowest BCUT2D eigenvalue weighted by molar-refractivity contribution is -0.240. The Morgan fingerprint density at radius 3 is 1.63 bits per heavy atom. The molecule has 4 aliphatic rings.